The molecule has 0 aromatic heterocycles. The molecular formula is C16H17NO2. The molecule has 3 nitrogen and oxygen atoms in total. The normalized spacial score (nSPS) is 10.2. The van der Waals surface area contributed by atoms with Gasteiger partial charge in [0.05, 0.1) is 6.42 Å². The molecule has 0 saturated heterocycles. The third-order valence-corrected chi connectivity index (χ3v) is 3.03. The third-order valence-electron chi connectivity index (χ3n) is 3.03. The van der Waals surface area contributed by atoms with Crippen molar-refractivity contribution in [3.05, 3.63) is 54.1 Å². The molecule has 2 rings (SSSR count). The van der Waals surface area contributed by atoms with E-state index >= 15 is 0 Å². The van der Waals surface area contributed by atoms with E-state index in [0.29, 0.717) is 0 Å². The summed E-state index contributed by atoms with van der Waals surface area (Å²) in [5.41, 5.74) is 4.21. The maximum absolute atomic E-state index is 10.6. The highest BCUT2D eigenvalue weighted by Crippen LogP contribution is 2.22. The predicted molar refractivity (Wildman–Crippen MR) is 77.5 cm³/mol. The van der Waals surface area contributed by atoms with Gasteiger partial charge in [-0.05, 0) is 28.8 Å². The third kappa shape index (κ3) is 3.35. The Balaban J connectivity index is 2.19. The van der Waals surface area contributed by atoms with Crippen molar-refractivity contribution in [3.63, 3.8) is 0 Å². The number of hydrogen-bond donors (Lipinski definition) is 1. The van der Waals surface area contributed by atoms with Crippen LogP contribution in [0.25, 0.3) is 11.1 Å². The number of benzene rings is 2. The first kappa shape index (κ1) is 13.1. The molecule has 0 aliphatic carbocycles. The maximum Gasteiger partial charge on any atom is 0.307 e. The van der Waals surface area contributed by atoms with Crippen LogP contribution in [0.1, 0.15) is 5.56 Å². The topological polar surface area (TPSA) is 40.5 Å². The van der Waals surface area contributed by atoms with E-state index in [9.17, 15) is 4.79 Å². The van der Waals surface area contributed by atoms with Gasteiger partial charge in [0, 0.05) is 19.8 Å². The first-order valence-corrected chi connectivity index (χ1v) is 6.15. The van der Waals surface area contributed by atoms with Gasteiger partial charge < -0.3 is 10.0 Å². The summed E-state index contributed by atoms with van der Waals surface area (Å²) in [6, 6.07) is 15.9. The number of nitrogens with zero attached hydrogens (tertiary/aromatic N) is 1. The van der Waals surface area contributed by atoms with E-state index in [-0.39, 0.29) is 6.42 Å². The molecule has 2 aromatic rings. The molecule has 0 fully saturated rings. The van der Waals surface area contributed by atoms with Gasteiger partial charge in [-0.1, -0.05) is 36.4 Å². The van der Waals surface area contributed by atoms with Gasteiger partial charge in [-0.3, -0.25) is 4.79 Å². The Labute approximate surface area is 113 Å². The number of anilines is 1. The number of carboxylic acid groups (broad SMARTS) is 1. The van der Waals surface area contributed by atoms with Crippen molar-refractivity contribution in [2.75, 3.05) is 19.0 Å². The first-order chi connectivity index (χ1) is 9.06. The Morgan fingerprint density at radius 3 is 1.84 bits per heavy atom. The first-order valence-electron chi connectivity index (χ1n) is 6.15. The average molecular weight is 255 g/mol. The molecule has 98 valence electrons. The molecule has 0 aliphatic heterocycles. The molecule has 19 heavy (non-hydrogen) atoms. The molecule has 0 aliphatic rings. The Morgan fingerprint density at radius 2 is 1.42 bits per heavy atom. The quantitative estimate of drug-likeness (QED) is 0.912. The van der Waals surface area contributed by atoms with Crippen LogP contribution in [-0.2, 0) is 11.2 Å². The van der Waals surface area contributed by atoms with E-state index in [4.69, 9.17) is 5.11 Å². The van der Waals surface area contributed by atoms with Crippen molar-refractivity contribution in [2.24, 2.45) is 0 Å². The lowest BCUT2D eigenvalue weighted by Gasteiger charge is -2.12. The number of rotatable bonds is 4. The molecule has 0 saturated carbocycles. The van der Waals surface area contributed by atoms with Crippen molar-refractivity contribution in [1.82, 2.24) is 0 Å². The number of carbonyl (C=O) groups is 1. The monoisotopic (exact) mass is 255 g/mol. The van der Waals surface area contributed by atoms with Crippen LogP contribution in [0.15, 0.2) is 48.5 Å². The summed E-state index contributed by atoms with van der Waals surface area (Å²) in [4.78, 5) is 12.7. The summed E-state index contributed by atoms with van der Waals surface area (Å²) in [5.74, 6) is -0.803. The lowest BCUT2D eigenvalue weighted by atomic mass is 10.0. The maximum atomic E-state index is 10.6. The fraction of sp³-hybridized carbons (Fsp3) is 0.188. The second kappa shape index (κ2) is 5.57. The van der Waals surface area contributed by atoms with Crippen LogP contribution < -0.4 is 4.90 Å². The van der Waals surface area contributed by atoms with Crippen LogP contribution in [-0.4, -0.2) is 25.2 Å². The Morgan fingerprint density at radius 1 is 0.947 bits per heavy atom. The molecule has 0 unspecified atom stereocenters. The second-order valence-electron chi connectivity index (χ2n) is 4.71. The van der Waals surface area contributed by atoms with Crippen molar-refractivity contribution >= 4 is 11.7 Å². The van der Waals surface area contributed by atoms with E-state index in [1.807, 2.05) is 38.4 Å². The zero-order valence-corrected chi connectivity index (χ0v) is 11.1. The SMILES string of the molecule is CN(C)c1ccc(-c2ccc(CC(=O)O)cc2)cc1. The summed E-state index contributed by atoms with van der Waals surface area (Å²) in [7, 11) is 4.02. The zero-order valence-electron chi connectivity index (χ0n) is 11.1. The molecule has 0 atom stereocenters. The van der Waals surface area contributed by atoms with Crippen LogP contribution >= 0.6 is 0 Å². The van der Waals surface area contributed by atoms with E-state index in [2.05, 4.69) is 29.2 Å². The molecule has 0 amide bonds. The minimum atomic E-state index is -0.803. The fourth-order valence-electron chi connectivity index (χ4n) is 1.94. The van der Waals surface area contributed by atoms with Crippen LogP contribution in [0.3, 0.4) is 0 Å². The Hall–Kier alpha value is -2.29. The molecule has 0 radical (unpaired) electrons. The van der Waals surface area contributed by atoms with E-state index in [1.54, 1.807) is 0 Å². The Kier molecular flexibility index (Phi) is 3.85. The summed E-state index contributed by atoms with van der Waals surface area (Å²) < 4.78 is 0. The van der Waals surface area contributed by atoms with E-state index in [1.165, 1.54) is 0 Å². The average Bonchev–Trinajstić information content (AvgIpc) is 2.39. The van der Waals surface area contributed by atoms with Crippen molar-refractivity contribution in [2.45, 2.75) is 6.42 Å². The lowest BCUT2D eigenvalue weighted by Crippen LogP contribution is -2.07. The largest absolute Gasteiger partial charge is 0.481 e. The Bertz CT molecular complexity index is 556. The van der Waals surface area contributed by atoms with Crippen LogP contribution in [0.4, 0.5) is 5.69 Å². The van der Waals surface area contributed by atoms with Gasteiger partial charge in [0.15, 0.2) is 0 Å². The summed E-state index contributed by atoms with van der Waals surface area (Å²) in [5, 5.41) is 8.73. The van der Waals surface area contributed by atoms with E-state index < -0.39 is 5.97 Å². The lowest BCUT2D eigenvalue weighted by molar-refractivity contribution is -0.136. The molecule has 0 spiro atoms. The summed E-state index contributed by atoms with van der Waals surface area (Å²) in [6.45, 7) is 0. The fourth-order valence-corrected chi connectivity index (χ4v) is 1.94. The van der Waals surface area contributed by atoms with Gasteiger partial charge in [0.2, 0.25) is 0 Å². The standard InChI is InChI=1S/C16H17NO2/c1-17(2)15-9-7-14(8-10-15)13-5-3-12(4-6-13)11-16(18)19/h3-10H,11H2,1-2H3,(H,18,19). The van der Waals surface area contributed by atoms with Gasteiger partial charge in [-0.15, -0.1) is 0 Å². The molecule has 1 N–H and O–H groups in total. The van der Waals surface area contributed by atoms with Gasteiger partial charge in [-0.25, -0.2) is 0 Å². The van der Waals surface area contributed by atoms with Crippen LogP contribution in [0.5, 0.6) is 0 Å². The highest BCUT2D eigenvalue weighted by atomic mass is 16.4. The minimum Gasteiger partial charge on any atom is -0.481 e. The molecule has 0 bridgehead atoms. The zero-order chi connectivity index (χ0) is 13.8. The second-order valence-corrected chi connectivity index (χ2v) is 4.71. The molecule has 2 aromatic carbocycles. The van der Waals surface area contributed by atoms with Crippen molar-refractivity contribution < 1.29 is 9.90 Å². The van der Waals surface area contributed by atoms with E-state index in [0.717, 1.165) is 22.4 Å². The van der Waals surface area contributed by atoms with Gasteiger partial charge in [0.25, 0.3) is 0 Å². The van der Waals surface area contributed by atoms with Gasteiger partial charge in [-0.2, -0.15) is 0 Å². The van der Waals surface area contributed by atoms with Crippen LogP contribution in [0.2, 0.25) is 0 Å². The predicted octanol–water partition coefficient (Wildman–Crippen LogP) is 3.05. The van der Waals surface area contributed by atoms with Crippen molar-refractivity contribution in [1.29, 1.82) is 0 Å². The highest BCUT2D eigenvalue weighted by molar-refractivity contribution is 5.71. The van der Waals surface area contributed by atoms with Gasteiger partial charge in [0.1, 0.15) is 0 Å². The smallest absolute Gasteiger partial charge is 0.307 e. The summed E-state index contributed by atoms with van der Waals surface area (Å²) >= 11 is 0. The molecular weight excluding hydrogens is 238 g/mol. The number of carboxylic acids is 1. The van der Waals surface area contributed by atoms with Gasteiger partial charge >= 0.3 is 5.97 Å². The van der Waals surface area contributed by atoms with Crippen molar-refractivity contribution in [3.8, 4) is 11.1 Å². The highest BCUT2D eigenvalue weighted by Gasteiger charge is 2.02. The summed E-state index contributed by atoms with van der Waals surface area (Å²) in [6.07, 6.45) is 0.0693. The molecule has 0 heterocycles. The number of hydrogen-bond acceptors (Lipinski definition) is 2. The van der Waals surface area contributed by atoms with Crippen LogP contribution in [0, 0.1) is 0 Å². The molecule has 3 heteroatoms. The number of aliphatic carboxylic acids is 1. The minimum absolute atomic E-state index is 0.0693.